The maximum atomic E-state index is 13.1. The molecule has 0 aliphatic carbocycles. The van der Waals surface area contributed by atoms with Crippen LogP contribution in [0.15, 0.2) is 42.5 Å². The first-order valence-electron chi connectivity index (χ1n) is 7.29. The Morgan fingerprint density at radius 1 is 1.19 bits per heavy atom. The number of aryl methyl sites for hydroxylation is 1. The molecule has 0 aromatic heterocycles. The Kier molecular flexibility index (Phi) is 5.34. The number of hydrogen-bond donors (Lipinski definition) is 1. The van der Waals surface area contributed by atoms with Crippen LogP contribution in [0.25, 0.3) is 0 Å². The van der Waals surface area contributed by atoms with E-state index in [9.17, 15) is 4.39 Å². The highest BCUT2D eigenvalue weighted by molar-refractivity contribution is 5.36. The second-order valence-corrected chi connectivity index (χ2v) is 5.15. The molecular weight excluding hydrogens is 265 g/mol. The van der Waals surface area contributed by atoms with Gasteiger partial charge in [-0.05, 0) is 49.7 Å². The molecule has 112 valence electrons. The van der Waals surface area contributed by atoms with Crippen molar-refractivity contribution in [3.05, 3.63) is 65.0 Å². The molecule has 0 saturated carbocycles. The molecule has 2 aromatic carbocycles. The molecule has 1 unspecified atom stereocenters. The summed E-state index contributed by atoms with van der Waals surface area (Å²) < 4.78 is 19.1. The minimum absolute atomic E-state index is 0.210. The standard InChI is InChI=1S/C18H22FNO/c1-4-17(20-3)16-7-5-6-8-18(16)21-12-14-9-10-15(19)11-13(14)2/h5-11,17,20H,4,12H2,1-3H3. The fourth-order valence-corrected chi connectivity index (χ4v) is 2.46. The lowest BCUT2D eigenvalue weighted by Gasteiger charge is -2.19. The van der Waals surface area contributed by atoms with Crippen molar-refractivity contribution in [2.45, 2.75) is 32.9 Å². The van der Waals surface area contributed by atoms with Crippen molar-refractivity contribution in [1.82, 2.24) is 5.32 Å². The van der Waals surface area contributed by atoms with Crippen LogP contribution >= 0.6 is 0 Å². The highest BCUT2D eigenvalue weighted by Crippen LogP contribution is 2.27. The third kappa shape index (κ3) is 3.82. The lowest BCUT2D eigenvalue weighted by molar-refractivity contribution is 0.298. The van der Waals surface area contributed by atoms with Crippen LogP contribution in [0.1, 0.15) is 36.1 Å². The maximum Gasteiger partial charge on any atom is 0.124 e. The van der Waals surface area contributed by atoms with Crippen LogP contribution in [0.4, 0.5) is 4.39 Å². The van der Waals surface area contributed by atoms with Gasteiger partial charge >= 0.3 is 0 Å². The number of para-hydroxylation sites is 1. The van der Waals surface area contributed by atoms with Crippen LogP contribution in [0, 0.1) is 12.7 Å². The summed E-state index contributed by atoms with van der Waals surface area (Å²) in [4.78, 5) is 0. The van der Waals surface area contributed by atoms with Gasteiger partial charge in [0.1, 0.15) is 18.2 Å². The van der Waals surface area contributed by atoms with Crippen LogP contribution in [0.2, 0.25) is 0 Å². The van der Waals surface area contributed by atoms with Gasteiger partial charge in [0.05, 0.1) is 0 Å². The quantitative estimate of drug-likeness (QED) is 0.851. The monoisotopic (exact) mass is 287 g/mol. The Labute approximate surface area is 126 Å². The van der Waals surface area contributed by atoms with Gasteiger partial charge in [-0.1, -0.05) is 31.2 Å². The largest absolute Gasteiger partial charge is 0.489 e. The molecule has 0 radical (unpaired) electrons. The zero-order valence-corrected chi connectivity index (χ0v) is 12.8. The van der Waals surface area contributed by atoms with Gasteiger partial charge in [-0.15, -0.1) is 0 Å². The van der Waals surface area contributed by atoms with Gasteiger partial charge in [-0.3, -0.25) is 0 Å². The van der Waals surface area contributed by atoms with Crippen LogP contribution in [0.3, 0.4) is 0 Å². The average Bonchev–Trinajstić information content (AvgIpc) is 2.49. The summed E-state index contributed by atoms with van der Waals surface area (Å²) >= 11 is 0. The first kappa shape index (κ1) is 15.5. The number of benzene rings is 2. The minimum Gasteiger partial charge on any atom is -0.489 e. The zero-order valence-electron chi connectivity index (χ0n) is 12.8. The van der Waals surface area contributed by atoms with E-state index in [-0.39, 0.29) is 11.9 Å². The minimum atomic E-state index is -0.210. The summed E-state index contributed by atoms with van der Waals surface area (Å²) in [5.41, 5.74) is 3.07. The summed E-state index contributed by atoms with van der Waals surface area (Å²) in [5.74, 6) is 0.667. The summed E-state index contributed by atoms with van der Waals surface area (Å²) in [6.07, 6.45) is 0.993. The first-order valence-corrected chi connectivity index (χ1v) is 7.29. The summed E-state index contributed by atoms with van der Waals surface area (Å²) in [6, 6.07) is 13.1. The molecule has 0 heterocycles. The van der Waals surface area contributed by atoms with E-state index in [0.717, 1.165) is 28.9 Å². The molecular formula is C18H22FNO. The predicted octanol–water partition coefficient (Wildman–Crippen LogP) is 4.38. The maximum absolute atomic E-state index is 13.1. The number of nitrogens with one attached hydrogen (secondary N) is 1. The van der Waals surface area contributed by atoms with Gasteiger partial charge in [-0.2, -0.15) is 0 Å². The Morgan fingerprint density at radius 3 is 2.62 bits per heavy atom. The fourth-order valence-electron chi connectivity index (χ4n) is 2.46. The lowest BCUT2D eigenvalue weighted by Crippen LogP contribution is -2.16. The van der Waals surface area contributed by atoms with Crippen molar-refractivity contribution >= 4 is 0 Å². The van der Waals surface area contributed by atoms with Crippen molar-refractivity contribution in [2.75, 3.05) is 7.05 Å². The van der Waals surface area contributed by atoms with Gasteiger partial charge in [0.25, 0.3) is 0 Å². The molecule has 2 aromatic rings. The van der Waals surface area contributed by atoms with Crippen LogP contribution in [0.5, 0.6) is 5.75 Å². The third-order valence-corrected chi connectivity index (χ3v) is 3.74. The predicted molar refractivity (Wildman–Crippen MR) is 84.0 cm³/mol. The van der Waals surface area contributed by atoms with E-state index in [2.05, 4.69) is 18.3 Å². The van der Waals surface area contributed by atoms with Crippen LogP contribution in [-0.2, 0) is 6.61 Å². The molecule has 0 spiro atoms. The van der Waals surface area contributed by atoms with Crippen LogP contribution in [-0.4, -0.2) is 7.05 Å². The molecule has 0 fully saturated rings. The normalized spacial score (nSPS) is 12.2. The number of ether oxygens (including phenoxy) is 1. The van der Waals surface area contributed by atoms with E-state index in [4.69, 9.17) is 4.74 Å². The number of rotatable bonds is 6. The molecule has 2 rings (SSSR count). The molecule has 0 bridgehead atoms. The number of hydrogen-bond acceptors (Lipinski definition) is 2. The summed E-state index contributed by atoms with van der Waals surface area (Å²) in [7, 11) is 1.95. The molecule has 0 aliphatic heterocycles. The fraction of sp³-hybridized carbons (Fsp3) is 0.333. The van der Waals surface area contributed by atoms with E-state index >= 15 is 0 Å². The van der Waals surface area contributed by atoms with Gasteiger partial charge < -0.3 is 10.1 Å². The van der Waals surface area contributed by atoms with Crippen molar-refractivity contribution in [1.29, 1.82) is 0 Å². The lowest BCUT2D eigenvalue weighted by atomic mass is 10.0. The molecule has 0 amide bonds. The average molecular weight is 287 g/mol. The van der Waals surface area contributed by atoms with E-state index < -0.39 is 0 Å². The van der Waals surface area contributed by atoms with Crippen molar-refractivity contribution < 1.29 is 9.13 Å². The second-order valence-electron chi connectivity index (χ2n) is 5.15. The molecule has 21 heavy (non-hydrogen) atoms. The van der Waals surface area contributed by atoms with Gasteiger partial charge in [0, 0.05) is 11.6 Å². The summed E-state index contributed by atoms with van der Waals surface area (Å²) in [5, 5.41) is 3.30. The van der Waals surface area contributed by atoms with Crippen molar-refractivity contribution in [3.8, 4) is 5.75 Å². The molecule has 3 heteroatoms. The Bertz CT molecular complexity index is 594. The zero-order chi connectivity index (χ0) is 15.2. The Hall–Kier alpha value is -1.87. The number of halogens is 1. The van der Waals surface area contributed by atoms with E-state index in [1.807, 2.05) is 32.2 Å². The van der Waals surface area contributed by atoms with E-state index in [1.54, 1.807) is 6.07 Å². The van der Waals surface area contributed by atoms with Crippen molar-refractivity contribution in [3.63, 3.8) is 0 Å². The van der Waals surface area contributed by atoms with E-state index in [0.29, 0.717) is 6.61 Å². The van der Waals surface area contributed by atoms with Gasteiger partial charge in [-0.25, -0.2) is 4.39 Å². The topological polar surface area (TPSA) is 21.3 Å². The van der Waals surface area contributed by atoms with Crippen molar-refractivity contribution in [2.24, 2.45) is 0 Å². The van der Waals surface area contributed by atoms with Crippen LogP contribution < -0.4 is 10.1 Å². The highest BCUT2D eigenvalue weighted by atomic mass is 19.1. The SMILES string of the molecule is CCC(NC)c1ccccc1OCc1ccc(F)cc1C. The first-order chi connectivity index (χ1) is 10.2. The second kappa shape index (κ2) is 7.23. The molecule has 0 aliphatic rings. The highest BCUT2D eigenvalue weighted by Gasteiger charge is 2.12. The third-order valence-electron chi connectivity index (χ3n) is 3.74. The van der Waals surface area contributed by atoms with Gasteiger partial charge in [0.2, 0.25) is 0 Å². The molecule has 0 saturated heterocycles. The summed E-state index contributed by atoms with van der Waals surface area (Å²) in [6.45, 7) is 4.49. The molecule has 1 N–H and O–H groups in total. The van der Waals surface area contributed by atoms with Gasteiger partial charge in [0.15, 0.2) is 0 Å². The molecule has 2 nitrogen and oxygen atoms in total. The van der Waals surface area contributed by atoms with E-state index in [1.165, 1.54) is 12.1 Å². The Balaban J connectivity index is 2.16. The molecule has 1 atom stereocenters. The smallest absolute Gasteiger partial charge is 0.124 e. The Morgan fingerprint density at radius 2 is 1.95 bits per heavy atom.